The number of benzene rings is 2. The van der Waals surface area contributed by atoms with E-state index in [1.165, 1.54) is 64.6 Å². The Morgan fingerprint density at radius 2 is 1.50 bits per heavy atom. The second-order valence-corrected chi connectivity index (χ2v) is 11.3. The lowest BCUT2D eigenvalue weighted by molar-refractivity contribution is 0.102. The van der Waals surface area contributed by atoms with Gasteiger partial charge in [-0.05, 0) is 52.3 Å². The third-order valence-corrected chi connectivity index (χ3v) is 8.44. The molecule has 2 rings (SSSR count). The molecule has 0 bridgehead atoms. The topological polar surface area (TPSA) is 104 Å². The summed E-state index contributed by atoms with van der Waals surface area (Å²) < 4.78 is 51.7. The molecule has 0 heterocycles. The molecular weight excluding hydrogens is 470 g/mol. The van der Waals surface area contributed by atoms with Gasteiger partial charge in [-0.3, -0.25) is 4.79 Å². The van der Waals surface area contributed by atoms with E-state index in [0.717, 1.165) is 8.61 Å². The van der Waals surface area contributed by atoms with Crippen LogP contribution in [0, 0.1) is 0 Å². The predicted molar refractivity (Wildman–Crippen MR) is 110 cm³/mol. The van der Waals surface area contributed by atoms with E-state index in [4.69, 9.17) is 0 Å². The molecule has 0 saturated carbocycles. The third kappa shape index (κ3) is 4.61. The van der Waals surface area contributed by atoms with Crippen LogP contribution in [0.5, 0.6) is 0 Å². The monoisotopic (exact) mass is 489 g/mol. The van der Waals surface area contributed by atoms with Crippen molar-refractivity contribution in [1.29, 1.82) is 0 Å². The maximum absolute atomic E-state index is 12.6. The molecule has 0 aliphatic heterocycles. The van der Waals surface area contributed by atoms with E-state index in [0.29, 0.717) is 4.47 Å². The van der Waals surface area contributed by atoms with Crippen molar-refractivity contribution >= 4 is 47.6 Å². The summed E-state index contributed by atoms with van der Waals surface area (Å²) in [6.45, 7) is 0. The normalized spacial score (nSPS) is 12.4. The number of halogens is 1. The van der Waals surface area contributed by atoms with E-state index in [9.17, 15) is 21.6 Å². The van der Waals surface area contributed by atoms with Gasteiger partial charge < -0.3 is 5.32 Å². The quantitative estimate of drug-likeness (QED) is 0.669. The summed E-state index contributed by atoms with van der Waals surface area (Å²) in [5.41, 5.74) is 0.386. The number of nitrogens with zero attached hydrogens (tertiary/aromatic N) is 2. The van der Waals surface area contributed by atoms with Crippen LogP contribution >= 0.6 is 15.9 Å². The molecule has 11 heteroatoms. The fourth-order valence-corrected chi connectivity index (χ4v) is 4.98. The Labute approximate surface area is 173 Å². The number of nitrogens with one attached hydrogen (secondary N) is 1. The van der Waals surface area contributed by atoms with Gasteiger partial charge in [-0.15, -0.1) is 0 Å². The Balaban J connectivity index is 2.37. The van der Waals surface area contributed by atoms with E-state index < -0.39 is 26.0 Å². The fourth-order valence-electron chi connectivity index (χ4n) is 2.19. The van der Waals surface area contributed by atoms with Gasteiger partial charge in [0.15, 0.2) is 0 Å². The molecule has 0 atom stereocenters. The SMILES string of the molecule is CN(C)S(=O)(=O)c1cccc(NC(=O)c2ccc(Br)c(S(=O)(=O)N(C)C)c2)c1. The first-order valence-electron chi connectivity index (χ1n) is 7.93. The summed E-state index contributed by atoms with van der Waals surface area (Å²) in [5.74, 6) is -0.567. The number of sulfonamides is 2. The minimum atomic E-state index is -3.75. The number of rotatable bonds is 6. The first kappa shape index (κ1) is 22.5. The first-order valence-corrected chi connectivity index (χ1v) is 11.6. The smallest absolute Gasteiger partial charge is 0.255 e. The first-order chi connectivity index (χ1) is 12.9. The van der Waals surface area contributed by atoms with E-state index in [-0.39, 0.29) is 21.0 Å². The van der Waals surface area contributed by atoms with Crippen molar-refractivity contribution in [2.24, 2.45) is 0 Å². The van der Waals surface area contributed by atoms with Crippen LogP contribution in [0.15, 0.2) is 56.7 Å². The van der Waals surface area contributed by atoms with Gasteiger partial charge in [0.1, 0.15) is 0 Å². The number of hydrogen-bond acceptors (Lipinski definition) is 5. The zero-order valence-corrected chi connectivity index (χ0v) is 18.9. The van der Waals surface area contributed by atoms with Crippen LogP contribution in [0.4, 0.5) is 5.69 Å². The van der Waals surface area contributed by atoms with Crippen LogP contribution in [0.1, 0.15) is 10.4 Å². The molecule has 0 spiro atoms. The summed E-state index contributed by atoms with van der Waals surface area (Å²) in [7, 11) is -1.79. The molecule has 0 aliphatic carbocycles. The number of carbonyl (C=O) groups is 1. The zero-order chi connectivity index (χ0) is 21.3. The second kappa shape index (κ2) is 8.29. The Bertz CT molecular complexity index is 1110. The third-order valence-electron chi connectivity index (χ3n) is 3.82. The van der Waals surface area contributed by atoms with Crippen LogP contribution in [0.2, 0.25) is 0 Å². The van der Waals surface area contributed by atoms with Gasteiger partial charge in [0.05, 0.1) is 9.79 Å². The number of hydrogen-bond donors (Lipinski definition) is 1. The lowest BCUT2D eigenvalue weighted by Crippen LogP contribution is -2.23. The van der Waals surface area contributed by atoms with Crippen LogP contribution in [-0.4, -0.2) is 59.5 Å². The number of amides is 1. The summed E-state index contributed by atoms with van der Waals surface area (Å²) in [4.78, 5) is 12.6. The van der Waals surface area contributed by atoms with Crippen molar-refractivity contribution in [3.05, 3.63) is 52.5 Å². The average molecular weight is 490 g/mol. The lowest BCUT2D eigenvalue weighted by Gasteiger charge is -2.14. The van der Waals surface area contributed by atoms with Crippen molar-refractivity contribution in [3.63, 3.8) is 0 Å². The standard InChI is InChI=1S/C17H20BrN3O5S2/c1-20(2)27(23,24)14-7-5-6-13(11-14)19-17(22)12-8-9-15(18)16(10-12)28(25,26)21(3)4/h5-11H,1-4H3,(H,19,22). The molecule has 0 fully saturated rings. The molecule has 28 heavy (non-hydrogen) atoms. The highest BCUT2D eigenvalue weighted by Crippen LogP contribution is 2.26. The van der Waals surface area contributed by atoms with Crippen molar-refractivity contribution in [2.45, 2.75) is 9.79 Å². The Morgan fingerprint density at radius 3 is 2.07 bits per heavy atom. The molecule has 0 saturated heterocycles. The average Bonchev–Trinajstić information content (AvgIpc) is 2.61. The van der Waals surface area contributed by atoms with Crippen molar-refractivity contribution in [1.82, 2.24) is 8.61 Å². The van der Waals surface area contributed by atoms with Crippen molar-refractivity contribution in [3.8, 4) is 0 Å². The minimum absolute atomic E-state index is 0.0296. The van der Waals surface area contributed by atoms with Crippen LogP contribution in [0.3, 0.4) is 0 Å². The molecule has 2 aromatic rings. The highest BCUT2D eigenvalue weighted by Gasteiger charge is 2.23. The maximum Gasteiger partial charge on any atom is 0.255 e. The molecular formula is C17H20BrN3O5S2. The molecule has 1 N–H and O–H groups in total. The largest absolute Gasteiger partial charge is 0.322 e. The summed E-state index contributed by atoms with van der Waals surface area (Å²) >= 11 is 3.19. The van der Waals surface area contributed by atoms with Gasteiger partial charge in [-0.1, -0.05) is 6.07 Å². The van der Waals surface area contributed by atoms with Gasteiger partial charge >= 0.3 is 0 Å². The van der Waals surface area contributed by atoms with E-state index in [1.54, 1.807) is 6.07 Å². The van der Waals surface area contributed by atoms with Gasteiger partial charge in [0, 0.05) is 43.9 Å². The van der Waals surface area contributed by atoms with Crippen LogP contribution in [0.25, 0.3) is 0 Å². The van der Waals surface area contributed by atoms with Crippen LogP contribution in [-0.2, 0) is 20.0 Å². The highest BCUT2D eigenvalue weighted by molar-refractivity contribution is 9.10. The van der Waals surface area contributed by atoms with Crippen molar-refractivity contribution < 1.29 is 21.6 Å². The Kier molecular flexibility index (Phi) is 6.66. The molecule has 0 aliphatic rings. The van der Waals surface area contributed by atoms with Gasteiger partial charge in [0.25, 0.3) is 5.91 Å². The summed E-state index contributed by atoms with van der Waals surface area (Å²) in [6.07, 6.45) is 0. The molecule has 2 aromatic carbocycles. The summed E-state index contributed by atoms with van der Waals surface area (Å²) in [5, 5.41) is 2.59. The van der Waals surface area contributed by atoms with E-state index in [2.05, 4.69) is 21.2 Å². The van der Waals surface area contributed by atoms with Gasteiger partial charge in [-0.2, -0.15) is 0 Å². The fraction of sp³-hybridized carbons (Fsp3) is 0.235. The summed E-state index contributed by atoms with van der Waals surface area (Å²) in [6, 6.07) is 10.0. The molecule has 0 aromatic heterocycles. The van der Waals surface area contributed by atoms with Crippen molar-refractivity contribution in [2.75, 3.05) is 33.5 Å². The zero-order valence-electron chi connectivity index (χ0n) is 15.7. The maximum atomic E-state index is 12.6. The lowest BCUT2D eigenvalue weighted by atomic mass is 10.2. The highest BCUT2D eigenvalue weighted by atomic mass is 79.9. The Morgan fingerprint density at radius 1 is 0.893 bits per heavy atom. The molecule has 8 nitrogen and oxygen atoms in total. The van der Waals surface area contributed by atoms with E-state index in [1.807, 2.05) is 0 Å². The predicted octanol–water partition coefficient (Wildman–Crippen LogP) is 2.20. The Hall–Kier alpha value is -1.79. The molecule has 0 radical (unpaired) electrons. The molecule has 1 amide bonds. The molecule has 152 valence electrons. The van der Waals surface area contributed by atoms with E-state index >= 15 is 0 Å². The van der Waals surface area contributed by atoms with Crippen LogP contribution < -0.4 is 5.32 Å². The minimum Gasteiger partial charge on any atom is -0.322 e. The van der Waals surface area contributed by atoms with Gasteiger partial charge in [0.2, 0.25) is 20.0 Å². The second-order valence-electron chi connectivity index (χ2n) is 6.20. The number of anilines is 1. The molecule has 0 unspecified atom stereocenters. The van der Waals surface area contributed by atoms with Gasteiger partial charge in [-0.25, -0.2) is 25.4 Å². The number of carbonyl (C=O) groups excluding carboxylic acids is 1.